The molecule has 2 N–H and O–H groups in total. The molecular formula is C23H23N7O2. The van der Waals surface area contributed by atoms with Crippen LogP contribution in [0.3, 0.4) is 0 Å². The van der Waals surface area contributed by atoms with E-state index in [2.05, 4.69) is 37.9 Å². The molecule has 0 aromatic carbocycles. The van der Waals surface area contributed by atoms with Crippen molar-refractivity contribution in [1.29, 1.82) is 5.26 Å². The fourth-order valence-corrected chi connectivity index (χ4v) is 3.72. The zero-order chi connectivity index (χ0) is 22.7. The smallest absolute Gasteiger partial charge is 0.256 e. The second kappa shape index (κ2) is 8.98. The Balaban J connectivity index is 1.56. The van der Waals surface area contributed by atoms with Crippen molar-refractivity contribution in [1.82, 2.24) is 30.2 Å². The molecule has 4 heterocycles. The number of aromatic amines is 1. The van der Waals surface area contributed by atoms with Crippen LogP contribution < -0.4 is 5.32 Å². The number of pyridine rings is 1. The summed E-state index contributed by atoms with van der Waals surface area (Å²) >= 11 is 0. The molecule has 2 amide bonds. The maximum atomic E-state index is 13.1. The standard InChI is InChI=1S/C23H23N7O2/c1-14(2)19(23(32)30-9-6-15(11-24)7-10-30)29-22(31)16-12-26-21-20(16)28-18(13-27-21)17-5-3-4-8-25-17/h3-5,8,12-13,15,19H,1,6-7,9-10H2,2H3,(H,26,27)(H,29,31)/t19-/m1/s1. The summed E-state index contributed by atoms with van der Waals surface area (Å²) in [5.74, 6) is -0.700. The van der Waals surface area contributed by atoms with Crippen molar-refractivity contribution in [2.75, 3.05) is 13.1 Å². The first kappa shape index (κ1) is 21.2. The Morgan fingerprint density at radius 3 is 2.72 bits per heavy atom. The fraction of sp³-hybridized carbons (Fsp3) is 0.304. The zero-order valence-corrected chi connectivity index (χ0v) is 17.7. The molecule has 0 bridgehead atoms. The first-order chi connectivity index (χ1) is 15.5. The van der Waals surface area contributed by atoms with Gasteiger partial charge >= 0.3 is 0 Å². The van der Waals surface area contributed by atoms with E-state index in [0.717, 1.165) is 0 Å². The molecule has 0 saturated carbocycles. The lowest BCUT2D eigenvalue weighted by Gasteiger charge is -2.32. The molecule has 3 aromatic rings. The van der Waals surface area contributed by atoms with E-state index in [1.165, 1.54) is 6.20 Å². The van der Waals surface area contributed by atoms with Crippen LogP contribution in [-0.4, -0.2) is 55.8 Å². The van der Waals surface area contributed by atoms with Gasteiger partial charge in [0.2, 0.25) is 5.91 Å². The van der Waals surface area contributed by atoms with Gasteiger partial charge in [-0.1, -0.05) is 12.6 Å². The molecule has 3 aromatic heterocycles. The molecule has 1 aliphatic rings. The first-order valence-electron chi connectivity index (χ1n) is 10.4. The van der Waals surface area contributed by atoms with E-state index in [9.17, 15) is 9.59 Å². The van der Waals surface area contributed by atoms with Gasteiger partial charge in [0.25, 0.3) is 5.91 Å². The van der Waals surface area contributed by atoms with E-state index in [4.69, 9.17) is 5.26 Å². The molecule has 1 fully saturated rings. The van der Waals surface area contributed by atoms with Crippen LogP contribution in [0.2, 0.25) is 0 Å². The molecule has 0 aliphatic carbocycles. The van der Waals surface area contributed by atoms with E-state index in [-0.39, 0.29) is 17.4 Å². The van der Waals surface area contributed by atoms with E-state index < -0.39 is 11.9 Å². The molecule has 0 radical (unpaired) electrons. The molecule has 0 unspecified atom stereocenters. The zero-order valence-electron chi connectivity index (χ0n) is 17.7. The molecular weight excluding hydrogens is 406 g/mol. The second-order valence-electron chi connectivity index (χ2n) is 7.85. The Hall–Kier alpha value is -4.06. The van der Waals surface area contributed by atoms with Gasteiger partial charge in [0.1, 0.15) is 17.3 Å². The molecule has 1 saturated heterocycles. The molecule has 4 rings (SSSR count). The topological polar surface area (TPSA) is 128 Å². The number of nitrogens with zero attached hydrogens (tertiary/aromatic N) is 5. The van der Waals surface area contributed by atoms with Crippen LogP contribution in [0.15, 0.2) is 48.9 Å². The second-order valence-corrected chi connectivity index (χ2v) is 7.85. The van der Waals surface area contributed by atoms with Crippen LogP contribution in [0.1, 0.15) is 30.1 Å². The van der Waals surface area contributed by atoms with Crippen molar-refractivity contribution in [3.8, 4) is 17.5 Å². The molecule has 162 valence electrons. The molecule has 9 nitrogen and oxygen atoms in total. The third-order valence-corrected chi connectivity index (χ3v) is 5.56. The number of nitrogens with one attached hydrogen (secondary N) is 2. The number of hydrogen-bond acceptors (Lipinski definition) is 6. The molecule has 9 heteroatoms. The number of hydrogen-bond donors (Lipinski definition) is 2. The number of piperidine rings is 1. The fourth-order valence-electron chi connectivity index (χ4n) is 3.72. The highest BCUT2D eigenvalue weighted by atomic mass is 16.2. The maximum absolute atomic E-state index is 13.1. The highest BCUT2D eigenvalue weighted by Crippen LogP contribution is 2.21. The number of H-pyrrole nitrogens is 1. The predicted molar refractivity (Wildman–Crippen MR) is 118 cm³/mol. The molecule has 32 heavy (non-hydrogen) atoms. The van der Waals surface area contributed by atoms with Gasteiger partial charge in [-0.25, -0.2) is 9.97 Å². The number of carbonyl (C=O) groups excluding carboxylic acids is 2. The lowest BCUT2D eigenvalue weighted by atomic mass is 9.97. The third-order valence-electron chi connectivity index (χ3n) is 5.56. The third kappa shape index (κ3) is 4.21. The summed E-state index contributed by atoms with van der Waals surface area (Å²) in [6.45, 7) is 6.58. The van der Waals surface area contributed by atoms with Crippen LogP contribution in [0, 0.1) is 17.2 Å². The van der Waals surface area contributed by atoms with Gasteiger partial charge in [-0.05, 0) is 37.5 Å². The monoisotopic (exact) mass is 429 g/mol. The van der Waals surface area contributed by atoms with Crippen molar-refractivity contribution >= 4 is 23.0 Å². The van der Waals surface area contributed by atoms with Crippen LogP contribution in [0.5, 0.6) is 0 Å². The molecule has 1 aliphatic heterocycles. The molecule has 1 atom stereocenters. The average molecular weight is 429 g/mol. The number of aromatic nitrogens is 4. The molecule has 0 spiro atoms. The van der Waals surface area contributed by atoms with Gasteiger partial charge in [0.15, 0.2) is 5.65 Å². The highest BCUT2D eigenvalue weighted by molar-refractivity contribution is 6.06. The van der Waals surface area contributed by atoms with E-state index >= 15 is 0 Å². The van der Waals surface area contributed by atoms with Gasteiger partial charge in [-0.3, -0.25) is 14.6 Å². The Morgan fingerprint density at radius 2 is 2.06 bits per heavy atom. The van der Waals surface area contributed by atoms with Crippen LogP contribution in [0.4, 0.5) is 0 Å². The minimum absolute atomic E-state index is 0.0324. The van der Waals surface area contributed by atoms with Crippen LogP contribution in [-0.2, 0) is 4.79 Å². The number of rotatable bonds is 5. The lowest BCUT2D eigenvalue weighted by Crippen LogP contribution is -2.51. The number of nitriles is 1. The number of fused-ring (bicyclic) bond motifs is 1. The van der Waals surface area contributed by atoms with Gasteiger partial charge in [0.05, 0.1) is 23.5 Å². The SMILES string of the molecule is C=C(C)[C@@H](NC(=O)c1c[nH]c2ncc(-c3ccccn3)nc12)C(=O)N1CCC(C#N)CC1. The van der Waals surface area contributed by atoms with E-state index in [0.29, 0.717) is 54.1 Å². The number of likely N-dealkylation sites (tertiary alicyclic amines) is 1. The Kier molecular flexibility index (Phi) is 5.94. The summed E-state index contributed by atoms with van der Waals surface area (Å²) in [5, 5.41) is 11.9. The Labute approximate surface area is 185 Å². The van der Waals surface area contributed by atoms with Gasteiger partial charge < -0.3 is 15.2 Å². The van der Waals surface area contributed by atoms with Crippen molar-refractivity contribution < 1.29 is 9.59 Å². The Morgan fingerprint density at radius 1 is 1.28 bits per heavy atom. The van der Waals surface area contributed by atoms with Gasteiger partial charge in [0, 0.05) is 31.4 Å². The van der Waals surface area contributed by atoms with E-state index in [1.54, 1.807) is 24.2 Å². The first-order valence-corrected chi connectivity index (χ1v) is 10.4. The highest BCUT2D eigenvalue weighted by Gasteiger charge is 2.30. The lowest BCUT2D eigenvalue weighted by molar-refractivity contribution is -0.133. The predicted octanol–water partition coefficient (Wildman–Crippen LogP) is 2.46. The number of amides is 2. The normalized spacial score (nSPS) is 15.2. The van der Waals surface area contributed by atoms with Gasteiger partial charge in [-0.2, -0.15) is 5.26 Å². The summed E-state index contributed by atoms with van der Waals surface area (Å²) in [6, 6.07) is 6.86. The van der Waals surface area contributed by atoms with Crippen LogP contribution in [0.25, 0.3) is 22.6 Å². The summed E-state index contributed by atoms with van der Waals surface area (Å²) in [6.07, 6.45) is 6.05. The maximum Gasteiger partial charge on any atom is 0.256 e. The van der Waals surface area contributed by atoms with Crippen molar-refractivity contribution in [3.05, 3.63) is 54.5 Å². The summed E-state index contributed by atoms with van der Waals surface area (Å²) < 4.78 is 0. The summed E-state index contributed by atoms with van der Waals surface area (Å²) in [7, 11) is 0. The van der Waals surface area contributed by atoms with Crippen molar-refractivity contribution in [3.63, 3.8) is 0 Å². The largest absolute Gasteiger partial charge is 0.344 e. The Bertz CT molecular complexity index is 1200. The average Bonchev–Trinajstić information content (AvgIpc) is 3.26. The number of carbonyl (C=O) groups is 2. The van der Waals surface area contributed by atoms with Gasteiger partial charge in [-0.15, -0.1) is 0 Å². The van der Waals surface area contributed by atoms with Crippen molar-refractivity contribution in [2.45, 2.75) is 25.8 Å². The summed E-state index contributed by atoms with van der Waals surface area (Å²) in [4.78, 5) is 44.0. The quantitative estimate of drug-likeness (QED) is 0.600. The minimum atomic E-state index is -0.863. The summed E-state index contributed by atoms with van der Waals surface area (Å²) in [5.41, 5.74) is 2.86. The van der Waals surface area contributed by atoms with Crippen molar-refractivity contribution in [2.24, 2.45) is 5.92 Å². The van der Waals surface area contributed by atoms with E-state index in [1.807, 2.05) is 18.2 Å². The van der Waals surface area contributed by atoms with Crippen LogP contribution >= 0.6 is 0 Å². The minimum Gasteiger partial charge on any atom is -0.344 e.